The summed E-state index contributed by atoms with van der Waals surface area (Å²) in [6.07, 6.45) is 0. The summed E-state index contributed by atoms with van der Waals surface area (Å²) in [5.74, 6) is -1.30. The van der Waals surface area contributed by atoms with E-state index in [-0.39, 0.29) is 6.61 Å². The summed E-state index contributed by atoms with van der Waals surface area (Å²) >= 11 is 2.18. The molecule has 3 N–H and O–H groups in total. The lowest BCUT2D eigenvalue weighted by molar-refractivity contribution is -0.146. The number of anilines is 1. The smallest absolute Gasteiger partial charge is 0.332 e. The summed E-state index contributed by atoms with van der Waals surface area (Å²) in [5, 5.41) is 2.61. The topological polar surface area (TPSA) is 81.4 Å². The molecule has 6 heteroatoms. The lowest BCUT2D eigenvalue weighted by atomic mass is 10.2. The molecule has 98 valence electrons. The monoisotopic (exact) mass is 362 g/mol. The summed E-state index contributed by atoms with van der Waals surface area (Å²) in [4.78, 5) is 23.0. The fraction of sp³-hybridized carbons (Fsp3) is 0.333. The van der Waals surface area contributed by atoms with Gasteiger partial charge in [-0.15, -0.1) is 0 Å². The van der Waals surface area contributed by atoms with E-state index in [0.717, 1.165) is 9.13 Å². The molecule has 5 nitrogen and oxygen atoms in total. The third-order valence-electron chi connectivity index (χ3n) is 2.27. The molecule has 1 rings (SSSR count). The molecule has 0 fully saturated rings. The van der Waals surface area contributed by atoms with Gasteiger partial charge in [0.05, 0.1) is 6.61 Å². The van der Waals surface area contributed by atoms with Crippen molar-refractivity contribution in [1.29, 1.82) is 0 Å². The summed E-state index contributed by atoms with van der Waals surface area (Å²) in [7, 11) is 0. The van der Waals surface area contributed by atoms with Crippen LogP contribution in [0.5, 0.6) is 0 Å². The maximum atomic E-state index is 11.7. The van der Waals surface area contributed by atoms with Gasteiger partial charge in [-0.2, -0.15) is 0 Å². The highest BCUT2D eigenvalue weighted by Gasteiger charge is 2.23. The summed E-state index contributed by atoms with van der Waals surface area (Å²) in [6.45, 7) is 3.72. The Morgan fingerprint density at radius 3 is 2.72 bits per heavy atom. The van der Waals surface area contributed by atoms with Gasteiger partial charge in [0.2, 0.25) is 0 Å². The van der Waals surface area contributed by atoms with Crippen molar-refractivity contribution in [2.75, 3.05) is 11.9 Å². The number of carbonyl (C=O) groups excluding carboxylic acids is 2. The minimum absolute atomic E-state index is 0.197. The van der Waals surface area contributed by atoms with E-state index >= 15 is 0 Å². The van der Waals surface area contributed by atoms with Crippen LogP contribution in [0.3, 0.4) is 0 Å². The first-order chi connectivity index (χ1) is 8.45. The lowest BCUT2D eigenvalue weighted by Gasteiger charge is -2.12. The molecule has 18 heavy (non-hydrogen) atoms. The van der Waals surface area contributed by atoms with E-state index in [0.29, 0.717) is 5.69 Å². The van der Waals surface area contributed by atoms with Crippen molar-refractivity contribution < 1.29 is 14.3 Å². The van der Waals surface area contributed by atoms with Crippen molar-refractivity contribution in [3.05, 3.63) is 27.3 Å². The first kappa shape index (κ1) is 14.9. The average Bonchev–Trinajstić information content (AvgIpc) is 2.32. The largest absolute Gasteiger partial charge is 0.464 e. The maximum absolute atomic E-state index is 11.7. The second-order valence-corrected chi connectivity index (χ2v) is 4.92. The summed E-state index contributed by atoms with van der Waals surface area (Å²) in [5.41, 5.74) is 7.03. The van der Waals surface area contributed by atoms with Crippen LogP contribution in [0, 0.1) is 10.5 Å². The van der Waals surface area contributed by atoms with Crippen LogP contribution in [0.4, 0.5) is 5.69 Å². The van der Waals surface area contributed by atoms with E-state index in [4.69, 9.17) is 5.73 Å². The molecular formula is C12H15IN2O3. The number of nitrogens with two attached hydrogens (primary N) is 1. The van der Waals surface area contributed by atoms with Gasteiger partial charge in [0.25, 0.3) is 5.91 Å². The normalized spacial score (nSPS) is 11.8. The van der Waals surface area contributed by atoms with Crippen molar-refractivity contribution in [2.45, 2.75) is 19.9 Å². The number of rotatable bonds is 4. The number of hydrogen-bond donors (Lipinski definition) is 2. The molecule has 0 aliphatic heterocycles. The standard InChI is InChI=1S/C12H15IN2O3/c1-3-18-12(17)10(14)11(16)15-9-5-4-8(13)6-7(9)2/h4-6,10H,3,14H2,1-2H3,(H,15,16). The highest BCUT2D eigenvalue weighted by atomic mass is 127. The van der Waals surface area contributed by atoms with Crippen LogP contribution in [0.25, 0.3) is 0 Å². The van der Waals surface area contributed by atoms with E-state index in [2.05, 4.69) is 32.6 Å². The van der Waals surface area contributed by atoms with Crippen molar-refractivity contribution in [3.8, 4) is 0 Å². The first-order valence-corrected chi connectivity index (χ1v) is 6.52. The lowest BCUT2D eigenvalue weighted by Crippen LogP contribution is -2.43. The second-order valence-electron chi connectivity index (χ2n) is 3.68. The van der Waals surface area contributed by atoms with Crippen LogP contribution in [-0.4, -0.2) is 24.5 Å². The summed E-state index contributed by atoms with van der Waals surface area (Å²) in [6, 6.07) is 4.25. The Morgan fingerprint density at radius 1 is 1.50 bits per heavy atom. The first-order valence-electron chi connectivity index (χ1n) is 5.45. The van der Waals surface area contributed by atoms with Crippen LogP contribution in [0.15, 0.2) is 18.2 Å². The number of ether oxygens (including phenoxy) is 1. The molecule has 0 spiro atoms. The van der Waals surface area contributed by atoms with Gasteiger partial charge in [-0.25, -0.2) is 4.79 Å². The van der Waals surface area contributed by atoms with Gasteiger partial charge >= 0.3 is 5.97 Å². The molecule has 0 heterocycles. The average molecular weight is 362 g/mol. The molecule has 1 atom stereocenters. The fourth-order valence-electron chi connectivity index (χ4n) is 1.32. The molecule has 1 aromatic rings. The number of nitrogens with one attached hydrogen (secondary N) is 1. The molecule has 0 saturated heterocycles. The number of aryl methyl sites for hydroxylation is 1. The quantitative estimate of drug-likeness (QED) is 0.482. The zero-order chi connectivity index (χ0) is 13.7. The third kappa shape index (κ3) is 3.95. The number of carbonyl (C=O) groups is 2. The van der Waals surface area contributed by atoms with Crippen LogP contribution in [0.2, 0.25) is 0 Å². The molecule has 0 aromatic heterocycles. The molecule has 0 bridgehead atoms. The molecule has 0 saturated carbocycles. The van der Waals surface area contributed by atoms with Gasteiger partial charge in [-0.3, -0.25) is 4.79 Å². The van der Waals surface area contributed by atoms with Crippen molar-refractivity contribution in [3.63, 3.8) is 0 Å². The van der Waals surface area contributed by atoms with E-state index in [9.17, 15) is 9.59 Å². The second kappa shape index (κ2) is 6.69. The van der Waals surface area contributed by atoms with Gasteiger partial charge in [-0.05, 0) is 60.2 Å². The zero-order valence-corrected chi connectivity index (χ0v) is 12.4. The third-order valence-corrected chi connectivity index (χ3v) is 2.94. The summed E-state index contributed by atoms with van der Waals surface area (Å²) < 4.78 is 5.75. The van der Waals surface area contributed by atoms with Gasteiger partial charge in [0.1, 0.15) is 0 Å². The van der Waals surface area contributed by atoms with E-state index in [1.54, 1.807) is 13.0 Å². The molecule has 0 aliphatic rings. The van der Waals surface area contributed by atoms with Crippen molar-refractivity contribution in [1.82, 2.24) is 0 Å². The molecule has 1 unspecified atom stereocenters. The van der Waals surface area contributed by atoms with Gasteiger partial charge < -0.3 is 15.8 Å². The minimum atomic E-state index is -1.30. The Balaban J connectivity index is 2.72. The molecule has 0 radical (unpaired) electrons. The Kier molecular flexibility index (Phi) is 5.54. The number of hydrogen-bond acceptors (Lipinski definition) is 4. The van der Waals surface area contributed by atoms with Crippen LogP contribution in [-0.2, 0) is 14.3 Å². The predicted octanol–water partition coefficient (Wildman–Crippen LogP) is 1.43. The van der Waals surface area contributed by atoms with Crippen molar-refractivity contribution in [2.24, 2.45) is 5.73 Å². The van der Waals surface area contributed by atoms with Crippen LogP contribution < -0.4 is 11.1 Å². The van der Waals surface area contributed by atoms with Gasteiger partial charge in [-0.1, -0.05) is 0 Å². The van der Waals surface area contributed by atoms with Gasteiger partial charge in [0, 0.05) is 9.26 Å². The molecule has 1 amide bonds. The SMILES string of the molecule is CCOC(=O)C(N)C(=O)Nc1ccc(I)cc1C. The van der Waals surface area contributed by atoms with Crippen molar-refractivity contribution >= 4 is 40.2 Å². The predicted molar refractivity (Wildman–Crippen MR) is 77.1 cm³/mol. The molecule has 1 aromatic carbocycles. The highest BCUT2D eigenvalue weighted by Crippen LogP contribution is 2.17. The Hall–Kier alpha value is -1.15. The molecular weight excluding hydrogens is 347 g/mol. The Morgan fingerprint density at radius 2 is 2.17 bits per heavy atom. The Labute approximate surface area is 119 Å². The molecule has 0 aliphatic carbocycles. The number of halogens is 1. The minimum Gasteiger partial charge on any atom is -0.464 e. The Bertz CT molecular complexity index is 463. The highest BCUT2D eigenvalue weighted by molar-refractivity contribution is 14.1. The van der Waals surface area contributed by atoms with Gasteiger partial charge in [0.15, 0.2) is 6.04 Å². The van der Waals surface area contributed by atoms with E-state index in [1.807, 2.05) is 19.1 Å². The van der Waals surface area contributed by atoms with Crippen LogP contribution >= 0.6 is 22.6 Å². The maximum Gasteiger partial charge on any atom is 0.332 e. The number of esters is 1. The number of benzene rings is 1. The zero-order valence-electron chi connectivity index (χ0n) is 10.2. The van der Waals surface area contributed by atoms with Crippen LogP contribution in [0.1, 0.15) is 12.5 Å². The van der Waals surface area contributed by atoms with E-state index in [1.165, 1.54) is 0 Å². The number of amides is 1. The fourth-order valence-corrected chi connectivity index (χ4v) is 1.96. The van der Waals surface area contributed by atoms with E-state index < -0.39 is 17.9 Å².